The number of carbonyl (C=O) groups excluding carboxylic acids is 2. The van der Waals surface area contributed by atoms with Gasteiger partial charge in [-0.2, -0.15) is 0 Å². The summed E-state index contributed by atoms with van der Waals surface area (Å²) in [4.78, 5) is 27.0. The van der Waals surface area contributed by atoms with E-state index in [1.54, 1.807) is 24.3 Å². The molecule has 0 aliphatic heterocycles. The van der Waals surface area contributed by atoms with E-state index in [9.17, 15) is 9.59 Å². The molecule has 0 radical (unpaired) electrons. The van der Waals surface area contributed by atoms with Gasteiger partial charge in [0.2, 0.25) is 11.8 Å². The van der Waals surface area contributed by atoms with Crippen LogP contribution in [0.25, 0.3) is 0 Å². The lowest BCUT2D eigenvalue weighted by atomic mass is 10.2. The predicted molar refractivity (Wildman–Crippen MR) is 77.3 cm³/mol. The summed E-state index contributed by atoms with van der Waals surface area (Å²) >= 11 is 1.44. The number of carbonyl (C=O) groups is 2. The number of nitrogens with zero attached hydrogens (tertiary/aromatic N) is 1. The Kier molecular flexibility index (Phi) is 4.44. The second kappa shape index (κ2) is 6.27. The molecule has 2 aromatic rings. The Hall–Kier alpha value is -2.25. The standard InChI is InChI=1S/C13H14N4O2S/c14-6-12-17-10(7-20-12)5-11(18)16-9-3-1-8(2-4-9)13(15)19/h1-4,7H,5-6,14H2,(H2,15,19)(H,16,18). The van der Waals surface area contributed by atoms with Gasteiger partial charge in [0.25, 0.3) is 0 Å². The maximum Gasteiger partial charge on any atom is 0.248 e. The lowest BCUT2D eigenvalue weighted by Crippen LogP contribution is -2.15. The minimum atomic E-state index is -0.500. The number of aromatic nitrogens is 1. The third-order valence-electron chi connectivity index (χ3n) is 2.57. The first-order valence-corrected chi connectivity index (χ1v) is 6.79. The molecule has 0 aliphatic rings. The quantitative estimate of drug-likeness (QED) is 0.759. The highest BCUT2D eigenvalue weighted by molar-refractivity contribution is 7.09. The van der Waals surface area contributed by atoms with Crippen molar-refractivity contribution in [3.8, 4) is 0 Å². The largest absolute Gasteiger partial charge is 0.366 e. The Morgan fingerprint density at radius 2 is 1.95 bits per heavy atom. The van der Waals surface area contributed by atoms with E-state index in [0.29, 0.717) is 23.5 Å². The van der Waals surface area contributed by atoms with Crippen molar-refractivity contribution in [3.63, 3.8) is 0 Å². The maximum absolute atomic E-state index is 11.8. The molecule has 0 saturated carbocycles. The van der Waals surface area contributed by atoms with Gasteiger partial charge in [0, 0.05) is 23.2 Å². The SMILES string of the molecule is NCc1nc(CC(=O)Nc2ccc(C(N)=O)cc2)cs1. The van der Waals surface area contributed by atoms with Gasteiger partial charge in [0.1, 0.15) is 5.01 Å². The van der Waals surface area contributed by atoms with Gasteiger partial charge in [0.05, 0.1) is 12.1 Å². The normalized spacial score (nSPS) is 10.2. The van der Waals surface area contributed by atoms with E-state index in [-0.39, 0.29) is 12.3 Å². The fourth-order valence-corrected chi connectivity index (χ4v) is 2.29. The summed E-state index contributed by atoms with van der Waals surface area (Å²) in [5.41, 5.74) is 12.3. The van der Waals surface area contributed by atoms with Crippen molar-refractivity contribution in [1.29, 1.82) is 0 Å². The van der Waals surface area contributed by atoms with Crippen LogP contribution in [0.15, 0.2) is 29.6 Å². The highest BCUT2D eigenvalue weighted by Crippen LogP contribution is 2.12. The Morgan fingerprint density at radius 1 is 1.25 bits per heavy atom. The molecule has 7 heteroatoms. The Bertz CT molecular complexity index is 622. The Morgan fingerprint density at radius 3 is 2.50 bits per heavy atom. The molecule has 0 saturated heterocycles. The molecule has 0 fully saturated rings. The molecule has 0 atom stereocenters. The first-order chi connectivity index (χ1) is 9.58. The molecule has 1 heterocycles. The number of hydrogen-bond donors (Lipinski definition) is 3. The summed E-state index contributed by atoms with van der Waals surface area (Å²) in [6, 6.07) is 6.38. The van der Waals surface area contributed by atoms with Crippen LogP contribution in [0.2, 0.25) is 0 Å². The number of amides is 2. The number of anilines is 1. The molecule has 6 nitrogen and oxygen atoms in total. The van der Waals surface area contributed by atoms with E-state index in [4.69, 9.17) is 11.5 Å². The van der Waals surface area contributed by atoms with Crippen LogP contribution >= 0.6 is 11.3 Å². The molecule has 2 amide bonds. The van der Waals surface area contributed by atoms with E-state index < -0.39 is 5.91 Å². The topological polar surface area (TPSA) is 111 Å². The summed E-state index contributed by atoms with van der Waals surface area (Å²) in [7, 11) is 0. The number of rotatable bonds is 5. The van der Waals surface area contributed by atoms with Crippen LogP contribution in [0, 0.1) is 0 Å². The lowest BCUT2D eigenvalue weighted by Gasteiger charge is -2.04. The van der Waals surface area contributed by atoms with Crippen molar-refractivity contribution in [2.75, 3.05) is 5.32 Å². The molecule has 0 bridgehead atoms. The van der Waals surface area contributed by atoms with Crippen LogP contribution in [-0.4, -0.2) is 16.8 Å². The summed E-state index contributed by atoms with van der Waals surface area (Å²) in [6.07, 6.45) is 0.189. The number of primary amides is 1. The molecule has 0 aliphatic carbocycles. The zero-order chi connectivity index (χ0) is 14.5. The van der Waals surface area contributed by atoms with E-state index in [0.717, 1.165) is 5.01 Å². The number of hydrogen-bond acceptors (Lipinski definition) is 5. The van der Waals surface area contributed by atoms with Crippen molar-refractivity contribution in [1.82, 2.24) is 4.98 Å². The van der Waals surface area contributed by atoms with E-state index in [1.165, 1.54) is 11.3 Å². The van der Waals surface area contributed by atoms with Crippen LogP contribution in [0.1, 0.15) is 21.1 Å². The second-order valence-corrected chi connectivity index (χ2v) is 5.05. The molecular weight excluding hydrogens is 276 g/mol. The molecular formula is C13H14N4O2S. The average Bonchev–Trinajstić information content (AvgIpc) is 2.86. The molecule has 5 N–H and O–H groups in total. The summed E-state index contributed by atoms with van der Waals surface area (Å²) in [5.74, 6) is -0.676. The van der Waals surface area contributed by atoms with Gasteiger partial charge in [0.15, 0.2) is 0 Å². The summed E-state index contributed by atoms with van der Waals surface area (Å²) in [6.45, 7) is 0.376. The minimum Gasteiger partial charge on any atom is -0.366 e. The predicted octanol–water partition coefficient (Wildman–Crippen LogP) is 0.882. The summed E-state index contributed by atoms with van der Waals surface area (Å²) in [5, 5.41) is 5.35. The van der Waals surface area contributed by atoms with E-state index in [2.05, 4.69) is 10.3 Å². The molecule has 20 heavy (non-hydrogen) atoms. The van der Waals surface area contributed by atoms with Gasteiger partial charge < -0.3 is 16.8 Å². The zero-order valence-electron chi connectivity index (χ0n) is 10.6. The van der Waals surface area contributed by atoms with Crippen molar-refractivity contribution in [3.05, 3.63) is 45.9 Å². The van der Waals surface area contributed by atoms with Gasteiger partial charge in [-0.25, -0.2) is 4.98 Å². The van der Waals surface area contributed by atoms with E-state index in [1.807, 2.05) is 5.38 Å². The number of nitrogens with one attached hydrogen (secondary N) is 1. The molecule has 0 unspecified atom stereocenters. The Balaban J connectivity index is 1.95. The molecule has 1 aromatic carbocycles. The van der Waals surface area contributed by atoms with E-state index >= 15 is 0 Å². The second-order valence-electron chi connectivity index (χ2n) is 4.10. The van der Waals surface area contributed by atoms with Gasteiger partial charge >= 0.3 is 0 Å². The fraction of sp³-hybridized carbons (Fsp3) is 0.154. The third-order valence-corrected chi connectivity index (χ3v) is 3.49. The molecule has 2 rings (SSSR count). The van der Waals surface area contributed by atoms with Crippen LogP contribution in [0.5, 0.6) is 0 Å². The number of thiazole rings is 1. The van der Waals surface area contributed by atoms with Crippen LogP contribution in [0.4, 0.5) is 5.69 Å². The summed E-state index contributed by atoms with van der Waals surface area (Å²) < 4.78 is 0. The number of nitrogens with two attached hydrogens (primary N) is 2. The van der Waals surface area contributed by atoms with Gasteiger partial charge in [-0.05, 0) is 24.3 Å². The highest BCUT2D eigenvalue weighted by atomic mass is 32.1. The molecule has 0 spiro atoms. The molecule has 104 valence electrons. The Labute approximate surface area is 119 Å². The van der Waals surface area contributed by atoms with Gasteiger partial charge in [-0.1, -0.05) is 0 Å². The third kappa shape index (κ3) is 3.62. The van der Waals surface area contributed by atoms with Crippen LogP contribution in [0.3, 0.4) is 0 Å². The average molecular weight is 290 g/mol. The van der Waals surface area contributed by atoms with Crippen molar-refractivity contribution in [2.45, 2.75) is 13.0 Å². The molecule has 1 aromatic heterocycles. The first kappa shape index (κ1) is 14.2. The smallest absolute Gasteiger partial charge is 0.248 e. The van der Waals surface area contributed by atoms with Crippen molar-refractivity contribution in [2.24, 2.45) is 11.5 Å². The lowest BCUT2D eigenvalue weighted by molar-refractivity contribution is -0.115. The maximum atomic E-state index is 11.8. The van der Waals surface area contributed by atoms with Crippen molar-refractivity contribution < 1.29 is 9.59 Å². The van der Waals surface area contributed by atoms with Gasteiger partial charge in [-0.3, -0.25) is 9.59 Å². The monoisotopic (exact) mass is 290 g/mol. The fourth-order valence-electron chi connectivity index (χ4n) is 1.61. The highest BCUT2D eigenvalue weighted by Gasteiger charge is 2.08. The number of benzene rings is 1. The van der Waals surface area contributed by atoms with Crippen LogP contribution in [-0.2, 0) is 17.8 Å². The van der Waals surface area contributed by atoms with Crippen molar-refractivity contribution >= 4 is 28.8 Å². The van der Waals surface area contributed by atoms with Gasteiger partial charge in [-0.15, -0.1) is 11.3 Å². The minimum absolute atomic E-state index is 0.175. The zero-order valence-corrected chi connectivity index (χ0v) is 11.4. The first-order valence-electron chi connectivity index (χ1n) is 5.91. The van der Waals surface area contributed by atoms with Crippen LogP contribution < -0.4 is 16.8 Å².